The van der Waals surface area contributed by atoms with Crippen LogP contribution in [0.1, 0.15) is 16.7 Å². The van der Waals surface area contributed by atoms with Gasteiger partial charge in [-0.15, -0.1) is 11.8 Å². The van der Waals surface area contributed by atoms with Gasteiger partial charge in [-0.25, -0.2) is 0 Å². The van der Waals surface area contributed by atoms with Gasteiger partial charge in [0.15, 0.2) is 0 Å². The maximum atomic E-state index is 11.9. The highest BCUT2D eigenvalue weighted by Crippen LogP contribution is 2.18. The topological polar surface area (TPSA) is 29.1 Å². The number of thioether (sulfide) groups is 1. The van der Waals surface area contributed by atoms with E-state index in [-0.39, 0.29) is 5.91 Å². The van der Waals surface area contributed by atoms with Crippen molar-refractivity contribution in [3.8, 4) is 0 Å². The van der Waals surface area contributed by atoms with Crippen molar-refractivity contribution in [3.05, 3.63) is 63.6 Å². The Morgan fingerprint density at radius 2 is 1.95 bits per heavy atom. The lowest BCUT2D eigenvalue weighted by atomic mass is 10.1. The summed E-state index contributed by atoms with van der Waals surface area (Å²) in [6.45, 7) is 4.11. The third-order valence-corrected chi connectivity index (χ3v) is 4.68. The van der Waals surface area contributed by atoms with Crippen LogP contribution in [-0.4, -0.2) is 11.7 Å². The molecule has 0 aliphatic heterocycles. The zero-order valence-corrected chi connectivity index (χ0v) is 14.6. The first kappa shape index (κ1) is 16.1. The maximum absolute atomic E-state index is 11.9. The summed E-state index contributed by atoms with van der Waals surface area (Å²) in [5, 5.41) is 2.94. The van der Waals surface area contributed by atoms with E-state index in [9.17, 15) is 4.79 Å². The van der Waals surface area contributed by atoms with Gasteiger partial charge in [0.2, 0.25) is 5.91 Å². The normalized spacial score (nSPS) is 10.4. The van der Waals surface area contributed by atoms with E-state index in [1.165, 1.54) is 16.7 Å². The molecule has 1 amide bonds. The number of aryl methyl sites for hydroxylation is 2. The number of benzene rings is 2. The molecule has 0 atom stereocenters. The predicted octanol–water partition coefficient (Wildman–Crippen LogP) is 4.94. The molecule has 0 bridgehead atoms. The third-order valence-electron chi connectivity index (χ3n) is 3.18. The molecule has 0 aromatic heterocycles. The molecule has 0 radical (unpaired) electrons. The zero-order chi connectivity index (χ0) is 15.2. The molecule has 0 heterocycles. The van der Waals surface area contributed by atoms with Crippen LogP contribution < -0.4 is 5.32 Å². The van der Waals surface area contributed by atoms with E-state index >= 15 is 0 Å². The minimum Gasteiger partial charge on any atom is -0.325 e. The van der Waals surface area contributed by atoms with Crippen LogP contribution in [0.4, 0.5) is 5.69 Å². The highest BCUT2D eigenvalue weighted by Gasteiger charge is 2.04. The molecule has 1 N–H and O–H groups in total. The number of rotatable bonds is 5. The summed E-state index contributed by atoms with van der Waals surface area (Å²) in [7, 11) is 0. The molecule has 0 aliphatic carbocycles. The summed E-state index contributed by atoms with van der Waals surface area (Å²) in [6.07, 6.45) is 0. The highest BCUT2D eigenvalue weighted by atomic mass is 79.9. The van der Waals surface area contributed by atoms with E-state index in [4.69, 9.17) is 0 Å². The molecular weight excluding hydrogens is 346 g/mol. The van der Waals surface area contributed by atoms with Gasteiger partial charge in [-0.3, -0.25) is 4.79 Å². The monoisotopic (exact) mass is 363 g/mol. The van der Waals surface area contributed by atoms with Crippen molar-refractivity contribution >= 4 is 39.3 Å². The van der Waals surface area contributed by atoms with E-state index in [1.807, 2.05) is 37.3 Å². The minimum atomic E-state index is 0.0400. The molecule has 2 aromatic rings. The van der Waals surface area contributed by atoms with Crippen molar-refractivity contribution in [2.24, 2.45) is 0 Å². The summed E-state index contributed by atoms with van der Waals surface area (Å²) in [5.74, 6) is 1.33. The van der Waals surface area contributed by atoms with Gasteiger partial charge in [-0.1, -0.05) is 34.1 Å². The lowest BCUT2D eigenvalue weighted by Gasteiger charge is -2.08. The standard InChI is InChI=1S/C17H18BrNOS/c1-12-6-7-16(8-13(12)2)19-17(20)11-21-10-14-4-3-5-15(18)9-14/h3-9H,10-11H2,1-2H3,(H,19,20). The summed E-state index contributed by atoms with van der Waals surface area (Å²) in [6, 6.07) is 14.1. The van der Waals surface area contributed by atoms with Crippen LogP contribution in [0.2, 0.25) is 0 Å². The number of hydrogen-bond acceptors (Lipinski definition) is 2. The van der Waals surface area contributed by atoms with Crippen molar-refractivity contribution in [2.75, 3.05) is 11.1 Å². The molecule has 2 aromatic carbocycles. The molecule has 4 heteroatoms. The second kappa shape index (κ2) is 7.66. The number of amides is 1. The van der Waals surface area contributed by atoms with Gasteiger partial charge in [0.1, 0.15) is 0 Å². The van der Waals surface area contributed by atoms with Crippen molar-refractivity contribution < 1.29 is 4.79 Å². The lowest BCUT2D eigenvalue weighted by molar-refractivity contribution is -0.113. The molecule has 21 heavy (non-hydrogen) atoms. The van der Waals surface area contributed by atoms with Gasteiger partial charge < -0.3 is 5.32 Å². The van der Waals surface area contributed by atoms with Gasteiger partial charge in [-0.05, 0) is 54.8 Å². The lowest BCUT2D eigenvalue weighted by Crippen LogP contribution is -2.14. The fraction of sp³-hybridized carbons (Fsp3) is 0.235. The molecule has 2 nitrogen and oxygen atoms in total. The van der Waals surface area contributed by atoms with Crippen molar-refractivity contribution in [3.63, 3.8) is 0 Å². The Morgan fingerprint density at radius 1 is 1.14 bits per heavy atom. The quantitative estimate of drug-likeness (QED) is 0.814. The Balaban J connectivity index is 1.81. The van der Waals surface area contributed by atoms with Gasteiger partial charge in [0.25, 0.3) is 0 Å². The summed E-state index contributed by atoms with van der Waals surface area (Å²) in [5.41, 5.74) is 4.51. The predicted molar refractivity (Wildman–Crippen MR) is 94.8 cm³/mol. The van der Waals surface area contributed by atoms with E-state index in [0.717, 1.165) is 15.9 Å². The molecule has 0 saturated heterocycles. The number of hydrogen-bond donors (Lipinski definition) is 1. The third kappa shape index (κ3) is 5.21. The second-order valence-corrected chi connectivity index (χ2v) is 6.87. The number of carbonyl (C=O) groups excluding carboxylic acids is 1. The zero-order valence-electron chi connectivity index (χ0n) is 12.2. The van der Waals surface area contributed by atoms with E-state index < -0.39 is 0 Å². The number of carbonyl (C=O) groups is 1. The molecule has 2 rings (SSSR count). The van der Waals surface area contributed by atoms with Crippen molar-refractivity contribution in [2.45, 2.75) is 19.6 Å². The molecule has 0 saturated carbocycles. The summed E-state index contributed by atoms with van der Waals surface area (Å²) < 4.78 is 1.07. The van der Waals surface area contributed by atoms with Crippen LogP contribution in [0.25, 0.3) is 0 Å². The second-order valence-electron chi connectivity index (χ2n) is 4.97. The minimum absolute atomic E-state index is 0.0400. The number of nitrogens with one attached hydrogen (secondary N) is 1. The van der Waals surface area contributed by atoms with E-state index in [0.29, 0.717) is 5.75 Å². The number of halogens is 1. The highest BCUT2D eigenvalue weighted by molar-refractivity contribution is 9.10. The summed E-state index contributed by atoms with van der Waals surface area (Å²) >= 11 is 5.07. The SMILES string of the molecule is Cc1ccc(NC(=O)CSCc2cccc(Br)c2)cc1C. The number of anilines is 1. The van der Waals surface area contributed by atoms with Crippen LogP contribution >= 0.6 is 27.7 Å². The van der Waals surface area contributed by atoms with Crippen LogP contribution in [0.15, 0.2) is 46.9 Å². The van der Waals surface area contributed by atoms with E-state index in [2.05, 4.69) is 40.3 Å². The van der Waals surface area contributed by atoms with Crippen molar-refractivity contribution in [1.29, 1.82) is 0 Å². The van der Waals surface area contributed by atoms with E-state index in [1.54, 1.807) is 11.8 Å². The molecule has 0 spiro atoms. The van der Waals surface area contributed by atoms with Gasteiger partial charge in [0, 0.05) is 15.9 Å². The smallest absolute Gasteiger partial charge is 0.234 e. The first-order chi connectivity index (χ1) is 10.0. The fourth-order valence-electron chi connectivity index (χ4n) is 1.90. The summed E-state index contributed by atoms with van der Waals surface area (Å²) in [4.78, 5) is 11.9. The largest absolute Gasteiger partial charge is 0.325 e. The maximum Gasteiger partial charge on any atom is 0.234 e. The van der Waals surface area contributed by atoms with Crippen LogP contribution in [0, 0.1) is 13.8 Å². The van der Waals surface area contributed by atoms with Crippen LogP contribution in [0.3, 0.4) is 0 Å². The molecule has 110 valence electrons. The van der Waals surface area contributed by atoms with Gasteiger partial charge in [0.05, 0.1) is 5.75 Å². The average molecular weight is 364 g/mol. The molecule has 0 unspecified atom stereocenters. The molecule has 0 fully saturated rings. The average Bonchev–Trinajstić information content (AvgIpc) is 2.43. The van der Waals surface area contributed by atoms with Crippen LogP contribution in [-0.2, 0) is 10.5 Å². The molecular formula is C17H18BrNOS. The van der Waals surface area contributed by atoms with Gasteiger partial charge in [-0.2, -0.15) is 0 Å². The van der Waals surface area contributed by atoms with Crippen molar-refractivity contribution in [1.82, 2.24) is 0 Å². The first-order valence-corrected chi connectivity index (χ1v) is 8.68. The Bertz CT molecular complexity index is 642. The Kier molecular flexibility index (Phi) is 5.88. The Labute approximate surface area is 138 Å². The fourth-order valence-corrected chi connectivity index (χ4v) is 3.13. The first-order valence-electron chi connectivity index (χ1n) is 6.74. The Hall–Kier alpha value is -1.26. The molecule has 0 aliphatic rings. The Morgan fingerprint density at radius 3 is 2.67 bits per heavy atom. The van der Waals surface area contributed by atoms with Gasteiger partial charge >= 0.3 is 0 Å². The van der Waals surface area contributed by atoms with Crippen LogP contribution in [0.5, 0.6) is 0 Å².